The molecular formula is C30H56N10O9. The molecule has 2 atom stereocenters. The van der Waals surface area contributed by atoms with Crippen molar-refractivity contribution in [1.29, 1.82) is 5.41 Å². The average molecular weight is 701 g/mol. The number of hydrogen-bond acceptors (Lipinski definition) is 12. The number of unbranched alkanes of at least 4 members (excludes halogenated alkanes) is 2. The summed E-state index contributed by atoms with van der Waals surface area (Å²) in [6, 6.07) is -0.799. The van der Waals surface area contributed by atoms with E-state index in [1.54, 1.807) is 19.6 Å². The smallest absolute Gasteiger partial charge is 0.317 e. The first-order valence-electron chi connectivity index (χ1n) is 16.7. The van der Waals surface area contributed by atoms with Crippen LogP contribution in [0, 0.1) is 5.41 Å². The van der Waals surface area contributed by atoms with Crippen LogP contribution < -0.4 is 27.0 Å². The van der Waals surface area contributed by atoms with Gasteiger partial charge >= 0.3 is 17.9 Å². The number of aldehydes is 1. The van der Waals surface area contributed by atoms with Gasteiger partial charge in [-0.25, -0.2) is 0 Å². The van der Waals surface area contributed by atoms with Crippen molar-refractivity contribution in [3.05, 3.63) is 0 Å². The molecule has 2 amide bonds. The normalized spacial score (nSPS) is 17.1. The van der Waals surface area contributed by atoms with Crippen molar-refractivity contribution in [2.75, 3.05) is 91.6 Å². The zero-order chi connectivity index (χ0) is 36.6. The van der Waals surface area contributed by atoms with Crippen LogP contribution in [0.4, 0.5) is 0 Å². The lowest BCUT2D eigenvalue weighted by Crippen LogP contribution is -2.54. The molecular weight excluding hydrogens is 644 g/mol. The van der Waals surface area contributed by atoms with Gasteiger partial charge in [0, 0.05) is 78.4 Å². The Morgan fingerprint density at radius 2 is 1.24 bits per heavy atom. The van der Waals surface area contributed by atoms with Crippen LogP contribution >= 0.6 is 0 Å². The van der Waals surface area contributed by atoms with E-state index in [0.29, 0.717) is 32.2 Å². The van der Waals surface area contributed by atoms with E-state index in [1.807, 2.05) is 0 Å². The average Bonchev–Trinajstić information content (AvgIpc) is 3.02. The minimum Gasteiger partial charge on any atom is -0.480 e. The van der Waals surface area contributed by atoms with Gasteiger partial charge in [-0.15, -0.1) is 0 Å². The molecule has 0 bridgehead atoms. The predicted octanol–water partition coefficient (Wildman–Crippen LogP) is -2.98. The molecule has 10 N–H and O–H groups in total. The molecule has 1 aliphatic heterocycles. The van der Waals surface area contributed by atoms with Crippen LogP contribution in [0.2, 0.25) is 0 Å². The summed E-state index contributed by atoms with van der Waals surface area (Å²) in [5, 5.41) is 46.8. The van der Waals surface area contributed by atoms with Gasteiger partial charge in [0.2, 0.25) is 11.8 Å². The maximum Gasteiger partial charge on any atom is 0.317 e. The number of carbonyl (C=O) groups excluding carboxylic acids is 3. The van der Waals surface area contributed by atoms with Crippen molar-refractivity contribution in [3.8, 4) is 0 Å². The molecule has 0 aromatic heterocycles. The van der Waals surface area contributed by atoms with Crippen molar-refractivity contribution in [1.82, 2.24) is 40.9 Å². The Morgan fingerprint density at radius 1 is 0.755 bits per heavy atom. The van der Waals surface area contributed by atoms with Crippen molar-refractivity contribution >= 4 is 42.0 Å². The van der Waals surface area contributed by atoms with E-state index in [9.17, 15) is 44.1 Å². The van der Waals surface area contributed by atoms with Crippen LogP contribution in [0.25, 0.3) is 0 Å². The van der Waals surface area contributed by atoms with Crippen molar-refractivity contribution in [3.63, 3.8) is 0 Å². The van der Waals surface area contributed by atoms with Crippen molar-refractivity contribution in [2.45, 2.75) is 57.7 Å². The van der Waals surface area contributed by atoms with E-state index in [1.165, 1.54) is 0 Å². The fourth-order valence-corrected chi connectivity index (χ4v) is 5.25. The van der Waals surface area contributed by atoms with Crippen LogP contribution in [0.15, 0.2) is 0 Å². The highest BCUT2D eigenvalue weighted by Crippen LogP contribution is 2.04. The second kappa shape index (κ2) is 25.1. The van der Waals surface area contributed by atoms with Gasteiger partial charge in [0.1, 0.15) is 12.2 Å². The summed E-state index contributed by atoms with van der Waals surface area (Å²) in [6.07, 6.45) is 3.28. The van der Waals surface area contributed by atoms with Gasteiger partial charge in [0.25, 0.3) is 0 Å². The molecule has 19 heteroatoms. The van der Waals surface area contributed by atoms with E-state index < -0.39 is 36.0 Å². The third-order valence-electron chi connectivity index (χ3n) is 7.89. The monoisotopic (exact) mass is 700 g/mol. The van der Waals surface area contributed by atoms with E-state index in [2.05, 4.69) is 28.2 Å². The fourth-order valence-electron chi connectivity index (χ4n) is 5.25. The lowest BCUT2D eigenvalue weighted by atomic mass is 10.1. The third kappa shape index (κ3) is 20.9. The maximum absolute atomic E-state index is 12.9. The number of amides is 2. The molecule has 1 heterocycles. The second-order valence-electron chi connectivity index (χ2n) is 11.9. The van der Waals surface area contributed by atoms with Gasteiger partial charge in [0.15, 0.2) is 12.2 Å². The SMILES string of the molecule is CCCCCNC(=O)[C@@H](CCCNC(=N)N)NC(=O)CCNC(C=O)N1CCN(CC(=O)O)CCN(CC(=O)O)CCN(CC(=O)O)CC1. The number of nitrogens with zero attached hydrogens (tertiary/aromatic N) is 4. The summed E-state index contributed by atoms with van der Waals surface area (Å²) >= 11 is 0. The zero-order valence-electron chi connectivity index (χ0n) is 28.5. The number of carboxylic acids is 3. The standard InChI is InChI=1S/C30H56N10O9/c1-2-3-4-8-34-29(49)23(6-5-9-35-30(31)32)36-25(42)7-10-33-24(22-41)40-17-15-38(20-27(45)46)13-11-37(19-26(43)44)12-14-39(16-18-40)21-28(47)48/h22-24,33H,2-21H2,1H3,(H,34,49)(H,36,42)(H,43,44)(H,45,46)(H,47,48)(H4,31,32,35)/t23-,24?/m1/s1. The molecule has 19 nitrogen and oxygen atoms in total. The number of aliphatic carboxylic acids is 3. The molecule has 1 aliphatic rings. The Kier molecular flexibility index (Phi) is 22.1. The number of nitrogens with one attached hydrogen (secondary N) is 5. The zero-order valence-corrected chi connectivity index (χ0v) is 28.5. The topological polar surface area (TPSA) is 274 Å². The lowest BCUT2D eigenvalue weighted by molar-refractivity contribution is -0.140. The van der Waals surface area contributed by atoms with Gasteiger partial charge in [-0.1, -0.05) is 19.8 Å². The summed E-state index contributed by atoms with van der Waals surface area (Å²) in [4.78, 5) is 79.2. The minimum atomic E-state index is -1.06. The van der Waals surface area contributed by atoms with Crippen LogP contribution in [0.1, 0.15) is 45.4 Å². The van der Waals surface area contributed by atoms with Crippen molar-refractivity contribution in [2.24, 2.45) is 5.73 Å². The molecule has 1 unspecified atom stereocenters. The van der Waals surface area contributed by atoms with Gasteiger partial charge in [-0.05, 0) is 19.3 Å². The van der Waals surface area contributed by atoms with E-state index in [-0.39, 0.29) is 96.8 Å². The number of rotatable bonds is 22. The first-order chi connectivity index (χ1) is 23.3. The summed E-state index contributed by atoms with van der Waals surface area (Å²) in [7, 11) is 0. The number of hydrogen-bond donors (Lipinski definition) is 9. The highest BCUT2D eigenvalue weighted by atomic mass is 16.4. The summed E-state index contributed by atoms with van der Waals surface area (Å²) < 4.78 is 0. The van der Waals surface area contributed by atoms with E-state index >= 15 is 0 Å². The van der Waals surface area contributed by atoms with Crippen molar-refractivity contribution < 1.29 is 44.1 Å². The van der Waals surface area contributed by atoms with Gasteiger partial charge < -0.3 is 41.8 Å². The predicted molar refractivity (Wildman–Crippen MR) is 180 cm³/mol. The van der Waals surface area contributed by atoms with E-state index in [4.69, 9.17) is 11.1 Å². The Bertz CT molecular complexity index is 1040. The largest absolute Gasteiger partial charge is 0.480 e. The number of carboxylic acid groups (broad SMARTS) is 3. The molecule has 1 fully saturated rings. The Morgan fingerprint density at radius 3 is 1.69 bits per heavy atom. The molecule has 1 rings (SSSR count). The first kappa shape index (κ1) is 43.1. The summed E-state index contributed by atoms with van der Waals surface area (Å²) in [6.45, 7) is 3.98. The fraction of sp³-hybridized carbons (Fsp3) is 0.767. The lowest BCUT2D eigenvalue weighted by Gasteiger charge is -2.35. The summed E-state index contributed by atoms with van der Waals surface area (Å²) in [5.41, 5.74) is 5.32. The first-order valence-corrected chi connectivity index (χ1v) is 16.7. The Hall–Kier alpha value is -3.91. The molecule has 0 radical (unpaired) electrons. The second-order valence-corrected chi connectivity index (χ2v) is 11.9. The minimum absolute atomic E-state index is 0.0564. The van der Waals surface area contributed by atoms with E-state index in [0.717, 1.165) is 19.3 Å². The molecule has 0 aromatic rings. The molecule has 0 aromatic carbocycles. The molecule has 0 spiro atoms. The molecule has 0 saturated carbocycles. The van der Waals surface area contributed by atoms with Gasteiger partial charge in [0.05, 0.1) is 19.6 Å². The van der Waals surface area contributed by atoms with Gasteiger partial charge in [-0.3, -0.25) is 54.3 Å². The molecule has 280 valence electrons. The molecule has 0 aliphatic carbocycles. The highest BCUT2D eigenvalue weighted by Gasteiger charge is 2.24. The highest BCUT2D eigenvalue weighted by molar-refractivity contribution is 5.87. The number of carbonyl (C=O) groups is 6. The quantitative estimate of drug-likeness (QED) is 0.0236. The molecule has 1 saturated heterocycles. The number of nitrogens with two attached hydrogens (primary N) is 1. The maximum atomic E-state index is 12.9. The van der Waals surface area contributed by atoms with Crippen LogP contribution in [-0.2, 0) is 28.8 Å². The van der Waals surface area contributed by atoms with Gasteiger partial charge in [-0.2, -0.15) is 0 Å². The summed E-state index contributed by atoms with van der Waals surface area (Å²) in [5.74, 6) is -4.09. The van der Waals surface area contributed by atoms with Crippen LogP contribution in [-0.4, -0.2) is 181 Å². The number of guanidine groups is 1. The Balaban J connectivity index is 2.93. The Labute approximate surface area is 287 Å². The molecule has 49 heavy (non-hydrogen) atoms. The van der Waals surface area contributed by atoms with Crippen LogP contribution in [0.5, 0.6) is 0 Å². The van der Waals surface area contributed by atoms with Crippen LogP contribution in [0.3, 0.4) is 0 Å². The third-order valence-corrected chi connectivity index (χ3v) is 7.89.